The molecule has 3 heterocycles. The molecule has 2 aliphatic rings. The van der Waals surface area contributed by atoms with Gasteiger partial charge in [0.05, 0.1) is 12.0 Å². The standard InChI is InChI=1S/C30H41ClN4O8/c1-3-41-29(39)30(13-17-40-2)19-22-7-9-23(10-8-22)42-20-27(37)32-14-5-16-35(15-4-6-26(36)33-21-30)28(38)12-11-24-18-25(31)34-43-24/h7-10,18H,3-6,11-17,19-21H2,1-2H3,(H,32,37)(H,33,36). The van der Waals surface area contributed by atoms with E-state index in [1.54, 1.807) is 37.1 Å². The van der Waals surface area contributed by atoms with E-state index in [0.717, 1.165) is 5.56 Å². The van der Waals surface area contributed by atoms with Gasteiger partial charge in [0.1, 0.15) is 11.5 Å². The van der Waals surface area contributed by atoms with Crippen molar-refractivity contribution < 1.29 is 37.9 Å². The van der Waals surface area contributed by atoms with Crippen LogP contribution in [0.15, 0.2) is 34.9 Å². The lowest BCUT2D eigenvalue weighted by Crippen LogP contribution is -2.46. The fourth-order valence-corrected chi connectivity index (χ4v) is 4.96. The maximum atomic E-state index is 13.3. The quantitative estimate of drug-likeness (QED) is 0.425. The summed E-state index contributed by atoms with van der Waals surface area (Å²) in [5.41, 5.74) is -0.220. The summed E-state index contributed by atoms with van der Waals surface area (Å²) in [7, 11) is 1.55. The molecule has 2 N–H and O–H groups in total. The van der Waals surface area contributed by atoms with Gasteiger partial charge >= 0.3 is 5.97 Å². The van der Waals surface area contributed by atoms with Crippen molar-refractivity contribution in [2.45, 2.75) is 51.9 Å². The Morgan fingerprint density at radius 2 is 1.88 bits per heavy atom. The number of rotatable bonds is 8. The zero-order valence-corrected chi connectivity index (χ0v) is 25.6. The fourth-order valence-electron chi connectivity index (χ4n) is 4.80. The molecule has 2 aromatic rings. The molecule has 43 heavy (non-hydrogen) atoms. The van der Waals surface area contributed by atoms with Gasteiger partial charge in [0.25, 0.3) is 5.91 Å². The fraction of sp³-hybridized carbons (Fsp3) is 0.567. The molecule has 0 saturated carbocycles. The zero-order valence-electron chi connectivity index (χ0n) is 24.8. The minimum Gasteiger partial charge on any atom is -0.484 e. The topological polar surface area (TPSA) is 149 Å². The molecule has 0 radical (unpaired) electrons. The zero-order chi connectivity index (χ0) is 31.1. The highest BCUT2D eigenvalue weighted by Crippen LogP contribution is 2.30. The summed E-state index contributed by atoms with van der Waals surface area (Å²) < 4.78 is 21.5. The second-order valence-corrected chi connectivity index (χ2v) is 10.8. The molecule has 2 bridgehead atoms. The van der Waals surface area contributed by atoms with Gasteiger partial charge < -0.3 is 34.3 Å². The molecule has 1 aromatic carbocycles. The van der Waals surface area contributed by atoms with Crippen molar-refractivity contribution >= 4 is 35.3 Å². The molecule has 1 unspecified atom stereocenters. The molecule has 0 aliphatic carbocycles. The summed E-state index contributed by atoms with van der Waals surface area (Å²) in [6, 6.07) is 8.70. The SMILES string of the molecule is CCOC(=O)C1(CCOC)CNC(=O)CCCN(C(=O)CCc2cc(Cl)no2)CCCNC(=O)COc2ccc(cc2)C1. The summed E-state index contributed by atoms with van der Waals surface area (Å²) >= 11 is 5.81. The van der Waals surface area contributed by atoms with Gasteiger partial charge in [-0.25, -0.2) is 0 Å². The number of fused-ring (bicyclic) bond motifs is 17. The average molecular weight is 621 g/mol. The van der Waals surface area contributed by atoms with Crippen LogP contribution in [0.1, 0.15) is 50.4 Å². The number of amides is 3. The highest BCUT2D eigenvalue weighted by atomic mass is 35.5. The van der Waals surface area contributed by atoms with Gasteiger partial charge in [-0.15, -0.1) is 0 Å². The number of methoxy groups -OCH3 is 1. The number of nitrogens with one attached hydrogen (secondary N) is 2. The predicted octanol–water partition coefficient (Wildman–Crippen LogP) is 2.71. The third-order valence-corrected chi connectivity index (χ3v) is 7.36. The molecular weight excluding hydrogens is 580 g/mol. The number of nitrogens with zero attached hydrogens (tertiary/aromatic N) is 2. The van der Waals surface area contributed by atoms with Crippen LogP contribution in [0.25, 0.3) is 0 Å². The minimum atomic E-state index is -1.06. The molecule has 4 rings (SSSR count). The number of ether oxygens (including phenoxy) is 3. The van der Waals surface area contributed by atoms with Crippen LogP contribution in [0.3, 0.4) is 0 Å². The van der Waals surface area contributed by atoms with Crippen molar-refractivity contribution in [1.29, 1.82) is 0 Å². The smallest absolute Gasteiger partial charge is 0.314 e. The van der Waals surface area contributed by atoms with Gasteiger partial charge in [0.2, 0.25) is 11.8 Å². The molecule has 0 saturated heterocycles. The number of hydrogen-bond acceptors (Lipinski definition) is 9. The highest BCUT2D eigenvalue weighted by molar-refractivity contribution is 6.29. The molecule has 236 valence electrons. The highest BCUT2D eigenvalue weighted by Gasteiger charge is 2.40. The average Bonchev–Trinajstić information content (AvgIpc) is 3.42. The van der Waals surface area contributed by atoms with Crippen molar-refractivity contribution in [3.8, 4) is 5.75 Å². The lowest BCUT2D eigenvalue weighted by molar-refractivity contribution is -0.156. The first kappa shape index (κ1) is 33.9. The Balaban J connectivity index is 1.75. The molecule has 0 fully saturated rings. The maximum Gasteiger partial charge on any atom is 0.314 e. The van der Waals surface area contributed by atoms with E-state index < -0.39 is 11.4 Å². The lowest BCUT2D eigenvalue weighted by Gasteiger charge is -2.32. The van der Waals surface area contributed by atoms with Gasteiger partial charge in [0.15, 0.2) is 11.8 Å². The van der Waals surface area contributed by atoms with E-state index in [1.165, 1.54) is 0 Å². The largest absolute Gasteiger partial charge is 0.484 e. The molecule has 2 aliphatic heterocycles. The monoisotopic (exact) mass is 620 g/mol. The van der Waals surface area contributed by atoms with Gasteiger partial charge in [-0.3, -0.25) is 19.2 Å². The van der Waals surface area contributed by atoms with Crippen LogP contribution >= 0.6 is 11.6 Å². The van der Waals surface area contributed by atoms with Crippen LogP contribution in [0.5, 0.6) is 5.75 Å². The van der Waals surface area contributed by atoms with Gasteiger partial charge in [0, 0.05) is 65.2 Å². The summed E-state index contributed by atoms with van der Waals surface area (Å²) in [5, 5.41) is 9.60. The van der Waals surface area contributed by atoms with Crippen LogP contribution in [0.2, 0.25) is 5.15 Å². The third kappa shape index (κ3) is 11.2. The van der Waals surface area contributed by atoms with Gasteiger partial charge in [-0.2, -0.15) is 0 Å². The van der Waals surface area contributed by atoms with E-state index in [9.17, 15) is 19.2 Å². The molecule has 12 nitrogen and oxygen atoms in total. The maximum absolute atomic E-state index is 13.3. The number of aryl methyl sites for hydroxylation is 1. The number of aromatic nitrogens is 1. The molecule has 0 spiro atoms. The summed E-state index contributed by atoms with van der Waals surface area (Å²) in [6.45, 7) is 3.24. The van der Waals surface area contributed by atoms with Crippen LogP contribution < -0.4 is 15.4 Å². The number of hydrogen-bond donors (Lipinski definition) is 2. The van der Waals surface area contributed by atoms with Crippen LogP contribution in [0, 0.1) is 5.41 Å². The predicted molar refractivity (Wildman–Crippen MR) is 157 cm³/mol. The van der Waals surface area contributed by atoms with Crippen LogP contribution in [-0.4, -0.2) is 86.9 Å². The number of benzene rings is 1. The normalized spacial score (nSPS) is 19.2. The Bertz CT molecular complexity index is 1210. The Morgan fingerprint density at radius 1 is 1.12 bits per heavy atom. The van der Waals surface area contributed by atoms with E-state index in [0.29, 0.717) is 69.9 Å². The molecule has 13 heteroatoms. The second kappa shape index (κ2) is 17.5. The first-order valence-corrected chi connectivity index (χ1v) is 14.9. The van der Waals surface area contributed by atoms with Crippen molar-refractivity contribution in [3.05, 3.63) is 46.8 Å². The van der Waals surface area contributed by atoms with Crippen LogP contribution in [0.4, 0.5) is 0 Å². The summed E-state index contributed by atoms with van der Waals surface area (Å²) in [5.74, 6) is -0.0441. The van der Waals surface area contributed by atoms with E-state index in [1.807, 2.05) is 12.1 Å². The number of halogens is 1. The first-order chi connectivity index (χ1) is 20.7. The second-order valence-electron chi connectivity index (χ2n) is 10.4. The Morgan fingerprint density at radius 3 is 2.58 bits per heavy atom. The van der Waals surface area contributed by atoms with E-state index >= 15 is 0 Å². The van der Waals surface area contributed by atoms with E-state index in [4.69, 9.17) is 30.3 Å². The van der Waals surface area contributed by atoms with Crippen molar-refractivity contribution in [1.82, 2.24) is 20.7 Å². The Kier molecular flexibility index (Phi) is 13.8. The number of esters is 1. The van der Waals surface area contributed by atoms with E-state index in [2.05, 4.69) is 15.8 Å². The van der Waals surface area contributed by atoms with Crippen LogP contribution in [-0.2, 0) is 41.5 Å². The molecule has 1 aromatic heterocycles. The van der Waals surface area contributed by atoms with Gasteiger partial charge in [-0.1, -0.05) is 28.9 Å². The Hall–Kier alpha value is -3.64. The third-order valence-electron chi connectivity index (χ3n) is 7.18. The molecular formula is C30H41ClN4O8. The summed E-state index contributed by atoms with van der Waals surface area (Å²) in [6.07, 6.45) is 2.24. The van der Waals surface area contributed by atoms with Crippen molar-refractivity contribution in [2.24, 2.45) is 5.41 Å². The molecule has 1 atom stereocenters. The lowest BCUT2D eigenvalue weighted by atomic mass is 9.78. The Labute approximate surface area is 256 Å². The minimum absolute atomic E-state index is 0.0643. The molecule has 3 amide bonds. The van der Waals surface area contributed by atoms with Crippen molar-refractivity contribution in [2.75, 3.05) is 53.1 Å². The first-order valence-electron chi connectivity index (χ1n) is 14.5. The summed E-state index contributed by atoms with van der Waals surface area (Å²) in [4.78, 5) is 53.3. The van der Waals surface area contributed by atoms with E-state index in [-0.39, 0.29) is 55.5 Å². The number of carbonyl (C=O) groups is 4. The van der Waals surface area contributed by atoms with Crippen molar-refractivity contribution in [3.63, 3.8) is 0 Å². The van der Waals surface area contributed by atoms with Gasteiger partial charge in [-0.05, 0) is 50.3 Å². The number of carbonyl (C=O) groups excluding carboxylic acids is 4.